The molecule has 0 amide bonds. The second-order valence-corrected chi connectivity index (χ2v) is 4.02. The lowest BCUT2D eigenvalue weighted by Gasteiger charge is -2.11. The molecule has 0 spiro atoms. The fraction of sp³-hybridized carbons (Fsp3) is 0.600. The molecule has 0 saturated heterocycles. The van der Waals surface area contributed by atoms with Gasteiger partial charge in [0.1, 0.15) is 0 Å². The van der Waals surface area contributed by atoms with E-state index in [0.717, 1.165) is 0 Å². The Balaban J connectivity index is 2.53. The summed E-state index contributed by atoms with van der Waals surface area (Å²) in [5.41, 5.74) is 7.00. The Hall–Kier alpha value is -1.07. The molecule has 90 valence electrons. The van der Waals surface area contributed by atoms with Crippen LogP contribution in [-0.4, -0.2) is 29.2 Å². The summed E-state index contributed by atoms with van der Waals surface area (Å²) in [6.45, 7) is 6.99. The van der Waals surface area contributed by atoms with Crippen LogP contribution in [0.3, 0.4) is 0 Å². The summed E-state index contributed by atoms with van der Waals surface area (Å²) >= 11 is 5.74. The summed E-state index contributed by atoms with van der Waals surface area (Å²) in [4.78, 5) is 7.96. The van der Waals surface area contributed by atoms with E-state index in [-0.39, 0.29) is 11.4 Å². The molecule has 1 aromatic heterocycles. The molecule has 0 aromatic carbocycles. The SMILES string of the molecule is Cc1nc(Cl)nc(NCCOC(C)C)c1N. The lowest BCUT2D eigenvalue weighted by molar-refractivity contribution is 0.0870. The van der Waals surface area contributed by atoms with Crippen LogP contribution in [0.25, 0.3) is 0 Å². The van der Waals surface area contributed by atoms with Gasteiger partial charge in [0.2, 0.25) is 5.28 Å². The smallest absolute Gasteiger partial charge is 0.224 e. The monoisotopic (exact) mass is 244 g/mol. The number of hydrogen-bond acceptors (Lipinski definition) is 5. The molecule has 0 aliphatic carbocycles. The number of rotatable bonds is 5. The van der Waals surface area contributed by atoms with Crippen LogP contribution in [0.15, 0.2) is 0 Å². The normalized spacial score (nSPS) is 10.8. The van der Waals surface area contributed by atoms with Crippen molar-refractivity contribution in [2.75, 3.05) is 24.2 Å². The largest absolute Gasteiger partial charge is 0.394 e. The van der Waals surface area contributed by atoms with Gasteiger partial charge >= 0.3 is 0 Å². The van der Waals surface area contributed by atoms with Gasteiger partial charge < -0.3 is 15.8 Å². The van der Waals surface area contributed by atoms with E-state index >= 15 is 0 Å². The molecule has 16 heavy (non-hydrogen) atoms. The van der Waals surface area contributed by atoms with Gasteiger partial charge in [-0.2, -0.15) is 4.98 Å². The highest BCUT2D eigenvalue weighted by Gasteiger charge is 2.06. The van der Waals surface area contributed by atoms with Gasteiger partial charge in [0.15, 0.2) is 5.82 Å². The Bertz CT molecular complexity index is 357. The minimum absolute atomic E-state index is 0.193. The van der Waals surface area contributed by atoms with Gasteiger partial charge in [-0.05, 0) is 32.4 Å². The highest BCUT2D eigenvalue weighted by atomic mass is 35.5. The summed E-state index contributed by atoms with van der Waals surface area (Å²) < 4.78 is 5.38. The van der Waals surface area contributed by atoms with Crippen LogP contribution in [0.5, 0.6) is 0 Å². The van der Waals surface area contributed by atoms with Crippen LogP contribution in [0.2, 0.25) is 5.28 Å². The van der Waals surface area contributed by atoms with Crippen molar-refractivity contribution < 1.29 is 4.74 Å². The predicted molar refractivity (Wildman–Crippen MR) is 65.8 cm³/mol. The first-order chi connectivity index (χ1) is 7.50. The third kappa shape index (κ3) is 3.83. The Morgan fingerprint density at radius 3 is 2.75 bits per heavy atom. The molecule has 1 aromatic rings. The van der Waals surface area contributed by atoms with Crippen LogP contribution in [0, 0.1) is 6.92 Å². The van der Waals surface area contributed by atoms with E-state index in [9.17, 15) is 0 Å². The Kier molecular flexibility index (Phi) is 4.76. The average Bonchev–Trinajstić information content (AvgIpc) is 2.19. The first kappa shape index (κ1) is 13.0. The fourth-order valence-electron chi connectivity index (χ4n) is 1.15. The molecule has 6 heteroatoms. The van der Waals surface area contributed by atoms with Gasteiger partial charge in [0.25, 0.3) is 0 Å². The van der Waals surface area contributed by atoms with Gasteiger partial charge in [-0.3, -0.25) is 0 Å². The second kappa shape index (κ2) is 5.86. The number of nitrogens with zero attached hydrogens (tertiary/aromatic N) is 2. The predicted octanol–water partition coefficient (Wildman–Crippen LogP) is 1.86. The zero-order chi connectivity index (χ0) is 12.1. The van der Waals surface area contributed by atoms with Crippen molar-refractivity contribution in [3.63, 3.8) is 0 Å². The molecule has 0 bridgehead atoms. The minimum Gasteiger partial charge on any atom is -0.394 e. The summed E-state index contributed by atoms with van der Waals surface area (Å²) in [7, 11) is 0. The number of ether oxygens (including phenoxy) is 1. The summed E-state index contributed by atoms with van der Waals surface area (Å²) in [6, 6.07) is 0. The topological polar surface area (TPSA) is 73.1 Å². The van der Waals surface area contributed by atoms with Gasteiger partial charge in [0, 0.05) is 6.54 Å². The van der Waals surface area contributed by atoms with Crippen molar-refractivity contribution in [3.05, 3.63) is 11.0 Å². The Labute approximate surface area is 100 Å². The van der Waals surface area contributed by atoms with Crippen LogP contribution in [-0.2, 0) is 4.74 Å². The standard InChI is InChI=1S/C10H17ClN4O/c1-6(2)16-5-4-13-9-8(12)7(3)14-10(11)15-9/h6H,4-5,12H2,1-3H3,(H,13,14,15). The maximum atomic E-state index is 5.81. The molecular formula is C10H17ClN4O. The van der Waals surface area contributed by atoms with Crippen LogP contribution < -0.4 is 11.1 Å². The van der Waals surface area contributed by atoms with Gasteiger partial charge in [-0.15, -0.1) is 0 Å². The number of hydrogen-bond donors (Lipinski definition) is 2. The second-order valence-electron chi connectivity index (χ2n) is 3.69. The number of nitrogen functional groups attached to an aromatic ring is 1. The fourth-order valence-corrected chi connectivity index (χ4v) is 1.36. The molecule has 0 aliphatic rings. The number of nitrogens with two attached hydrogens (primary N) is 1. The highest BCUT2D eigenvalue weighted by Crippen LogP contribution is 2.19. The Morgan fingerprint density at radius 1 is 1.44 bits per heavy atom. The van der Waals surface area contributed by atoms with Crippen molar-refractivity contribution in [3.8, 4) is 0 Å². The van der Waals surface area contributed by atoms with Gasteiger partial charge in [-0.1, -0.05) is 0 Å². The first-order valence-corrected chi connectivity index (χ1v) is 5.53. The first-order valence-electron chi connectivity index (χ1n) is 5.15. The van der Waals surface area contributed by atoms with Crippen molar-refractivity contribution in [2.24, 2.45) is 0 Å². The molecule has 1 rings (SSSR count). The molecule has 0 radical (unpaired) electrons. The maximum Gasteiger partial charge on any atom is 0.224 e. The number of nitrogens with one attached hydrogen (secondary N) is 1. The summed E-state index contributed by atoms with van der Waals surface area (Å²) in [5, 5.41) is 3.26. The van der Waals surface area contributed by atoms with Crippen molar-refractivity contribution >= 4 is 23.1 Å². The Morgan fingerprint density at radius 2 is 2.12 bits per heavy atom. The third-order valence-corrected chi connectivity index (χ3v) is 2.12. The van der Waals surface area contributed by atoms with Crippen molar-refractivity contribution in [2.45, 2.75) is 26.9 Å². The van der Waals surface area contributed by atoms with Crippen LogP contribution in [0.4, 0.5) is 11.5 Å². The average molecular weight is 245 g/mol. The molecule has 3 N–H and O–H groups in total. The quantitative estimate of drug-likeness (QED) is 0.611. The molecule has 0 atom stereocenters. The number of anilines is 2. The maximum absolute atomic E-state index is 5.81. The van der Waals surface area contributed by atoms with E-state index in [1.165, 1.54) is 0 Å². The zero-order valence-electron chi connectivity index (χ0n) is 9.75. The molecular weight excluding hydrogens is 228 g/mol. The number of aryl methyl sites for hydroxylation is 1. The van der Waals surface area contributed by atoms with Gasteiger partial charge in [-0.25, -0.2) is 4.98 Å². The van der Waals surface area contributed by atoms with E-state index in [2.05, 4.69) is 15.3 Å². The van der Waals surface area contributed by atoms with E-state index in [1.54, 1.807) is 6.92 Å². The zero-order valence-corrected chi connectivity index (χ0v) is 10.5. The molecule has 5 nitrogen and oxygen atoms in total. The number of halogens is 1. The van der Waals surface area contributed by atoms with E-state index in [0.29, 0.717) is 30.4 Å². The number of aromatic nitrogens is 2. The summed E-state index contributed by atoms with van der Waals surface area (Å²) in [6.07, 6.45) is 0.217. The van der Waals surface area contributed by atoms with Crippen molar-refractivity contribution in [1.29, 1.82) is 0 Å². The highest BCUT2D eigenvalue weighted by molar-refractivity contribution is 6.28. The molecule has 0 aliphatic heterocycles. The van der Waals surface area contributed by atoms with E-state index < -0.39 is 0 Å². The van der Waals surface area contributed by atoms with Crippen LogP contribution >= 0.6 is 11.6 Å². The van der Waals surface area contributed by atoms with Gasteiger partial charge in [0.05, 0.1) is 24.1 Å². The summed E-state index contributed by atoms with van der Waals surface area (Å²) in [5.74, 6) is 0.560. The minimum atomic E-state index is 0.193. The molecule has 0 saturated carbocycles. The molecule has 0 unspecified atom stereocenters. The molecule has 1 heterocycles. The van der Waals surface area contributed by atoms with E-state index in [4.69, 9.17) is 22.1 Å². The molecule has 0 fully saturated rings. The van der Waals surface area contributed by atoms with Crippen molar-refractivity contribution in [1.82, 2.24) is 9.97 Å². The lowest BCUT2D eigenvalue weighted by atomic mass is 10.3. The van der Waals surface area contributed by atoms with E-state index in [1.807, 2.05) is 13.8 Å². The van der Waals surface area contributed by atoms with Crippen LogP contribution in [0.1, 0.15) is 19.5 Å². The lowest BCUT2D eigenvalue weighted by Crippen LogP contribution is -2.15. The third-order valence-electron chi connectivity index (χ3n) is 1.95.